The van der Waals surface area contributed by atoms with Crippen molar-refractivity contribution in [3.05, 3.63) is 35.9 Å². The highest BCUT2D eigenvalue weighted by Crippen LogP contribution is 2.05. The minimum Gasteiger partial charge on any atom is -0.320 e. The monoisotopic (exact) mass is 178 g/mol. The molecule has 0 aliphatic heterocycles. The molecule has 71 valence electrons. The van der Waals surface area contributed by atoms with Gasteiger partial charge in [-0.15, -0.1) is 0 Å². The molecule has 1 aromatic rings. The van der Waals surface area contributed by atoms with Gasteiger partial charge < -0.3 is 5.32 Å². The van der Waals surface area contributed by atoms with Crippen molar-refractivity contribution in [2.45, 2.75) is 18.9 Å². The first-order valence-electron chi connectivity index (χ1n) is 4.67. The molecule has 0 heterocycles. The van der Waals surface area contributed by atoms with E-state index in [1.807, 2.05) is 37.4 Å². The Kier molecular flexibility index (Phi) is 4.50. The molecule has 0 spiro atoms. The minimum absolute atomic E-state index is 0.477. The highest BCUT2D eigenvalue weighted by molar-refractivity contribution is 5.15. The topological polar surface area (TPSA) is 31.9 Å². The van der Waals surface area contributed by atoms with E-state index in [4.69, 9.17) is 0 Å². The van der Waals surface area contributed by atoms with Crippen LogP contribution in [-0.2, 0) is 11.5 Å². The largest absolute Gasteiger partial charge is 0.320 e. The zero-order valence-electron chi connectivity index (χ0n) is 7.99. The summed E-state index contributed by atoms with van der Waals surface area (Å²) in [6.07, 6.45) is 0.864. The van der Waals surface area contributed by atoms with Crippen molar-refractivity contribution in [1.29, 1.82) is 0 Å². The maximum atomic E-state index is 11.4. The molecular weight excluding hydrogens is 162 g/mol. The first-order chi connectivity index (χ1) is 6.33. The maximum Gasteiger partial charge on any atom is 0.0982 e. The molecule has 0 fully saturated rings. The second-order valence-corrected chi connectivity index (χ2v) is 3.20. The number of benzene rings is 1. The lowest BCUT2D eigenvalue weighted by Gasteiger charge is -2.07. The Morgan fingerprint density at radius 1 is 1.31 bits per heavy atom. The van der Waals surface area contributed by atoms with E-state index in [0.717, 1.165) is 12.1 Å². The van der Waals surface area contributed by atoms with Gasteiger partial charge in [0.2, 0.25) is 0 Å². The SMILES string of the molecule is CNCCC([O])Cc1ccccc1. The standard InChI is InChI=1S/C11H16NO/c1-12-8-7-11(13)9-10-5-3-2-4-6-10/h2-6,11-12H,7-9H2,1H3. The zero-order valence-corrected chi connectivity index (χ0v) is 7.99. The first-order valence-corrected chi connectivity index (χ1v) is 4.67. The van der Waals surface area contributed by atoms with Crippen LogP contribution in [0.4, 0.5) is 0 Å². The Bertz CT molecular complexity index is 223. The van der Waals surface area contributed by atoms with E-state index in [1.54, 1.807) is 0 Å². The molecule has 1 atom stereocenters. The molecule has 0 bridgehead atoms. The van der Waals surface area contributed by atoms with Crippen LogP contribution in [0.25, 0.3) is 0 Å². The fraction of sp³-hybridized carbons (Fsp3) is 0.455. The molecule has 1 N–H and O–H groups in total. The second kappa shape index (κ2) is 5.73. The van der Waals surface area contributed by atoms with E-state index < -0.39 is 6.10 Å². The van der Waals surface area contributed by atoms with E-state index in [0.29, 0.717) is 12.8 Å². The maximum absolute atomic E-state index is 11.4. The van der Waals surface area contributed by atoms with Crippen molar-refractivity contribution in [1.82, 2.24) is 5.32 Å². The van der Waals surface area contributed by atoms with Gasteiger partial charge >= 0.3 is 0 Å². The summed E-state index contributed by atoms with van der Waals surface area (Å²) >= 11 is 0. The van der Waals surface area contributed by atoms with Crippen LogP contribution in [0.3, 0.4) is 0 Å². The molecule has 0 aromatic heterocycles. The van der Waals surface area contributed by atoms with Gasteiger partial charge in [-0.25, -0.2) is 5.11 Å². The molecule has 0 saturated carbocycles. The summed E-state index contributed by atoms with van der Waals surface area (Å²) in [7, 11) is 1.87. The van der Waals surface area contributed by atoms with Crippen LogP contribution in [0.15, 0.2) is 30.3 Å². The van der Waals surface area contributed by atoms with E-state index >= 15 is 0 Å². The Morgan fingerprint density at radius 3 is 2.62 bits per heavy atom. The Balaban J connectivity index is 2.32. The Morgan fingerprint density at radius 2 is 2.00 bits per heavy atom. The summed E-state index contributed by atoms with van der Waals surface area (Å²) in [6, 6.07) is 9.92. The van der Waals surface area contributed by atoms with Crippen LogP contribution in [-0.4, -0.2) is 19.7 Å². The van der Waals surface area contributed by atoms with Gasteiger partial charge in [0.05, 0.1) is 6.10 Å². The fourth-order valence-corrected chi connectivity index (χ4v) is 1.28. The van der Waals surface area contributed by atoms with Crippen LogP contribution in [0, 0.1) is 0 Å². The summed E-state index contributed by atoms with van der Waals surface area (Å²) < 4.78 is 0. The average Bonchev–Trinajstić information content (AvgIpc) is 2.16. The van der Waals surface area contributed by atoms with Crippen LogP contribution in [0.1, 0.15) is 12.0 Å². The third-order valence-electron chi connectivity index (χ3n) is 2.02. The molecular formula is C11H16NO. The first kappa shape index (κ1) is 10.2. The molecule has 0 aliphatic rings. The van der Waals surface area contributed by atoms with E-state index in [1.165, 1.54) is 0 Å². The highest BCUT2D eigenvalue weighted by Gasteiger charge is 2.05. The van der Waals surface area contributed by atoms with Crippen molar-refractivity contribution < 1.29 is 5.11 Å². The predicted octanol–water partition coefficient (Wildman–Crippen LogP) is 1.64. The van der Waals surface area contributed by atoms with Crippen molar-refractivity contribution in [3.8, 4) is 0 Å². The van der Waals surface area contributed by atoms with Crippen molar-refractivity contribution in [3.63, 3.8) is 0 Å². The molecule has 0 saturated heterocycles. The van der Waals surface area contributed by atoms with Gasteiger partial charge in [-0.2, -0.15) is 0 Å². The lowest BCUT2D eigenvalue weighted by Crippen LogP contribution is -2.17. The third-order valence-corrected chi connectivity index (χ3v) is 2.02. The minimum atomic E-state index is -0.477. The Hall–Kier alpha value is -0.860. The summed E-state index contributed by atoms with van der Waals surface area (Å²) in [5, 5.41) is 14.4. The van der Waals surface area contributed by atoms with Gasteiger partial charge in [0.1, 0.15) is 0 Å². The smallest absolute Gasteiger partial charge is 0.0982 e. The lowest BCUT2D eigenvalue weighted by atomic mass is 10.1. The molecule has 13 heavy (non-hydrogen) atoms. The van der Waals surface area contributed by atoms with E-state index in [-0.39, 0.29) is 0 Å². The van der Waals surface area contributed by atoms with Crippen LogP contribution < -0.4 is 5.32 Å². The van der Waals surface area contributed by atoms with Gasteiger partial charge in [0.15, 0.2) is 0 Å². The summed E-state index contributed by atoms with van der Waals surface area (Å²) in [5.41, 5.74) is 1.14. The molecule has 2 nitrogen and oxygen atoms in total. The van der Waals surface area contributed by atoms with Crippen molar-refractivity contribution in [2.24, 2.45) is 0 Å². The molecule has 1 radical (unpaired) electrons. The number of nitrogens with one attached hydrogen (secondary N) is 1. The lowest BCUT2D eigenvalue weighted by molar-refractivity contribution is 0.0821. The number of rotatable bonds is 5. The van der Waals surface area contributed by atoms with Gasteiger partial charge in [0, 0.05) is 6.42 Å². The summed E-state index contributed by atoms with van der Waals surface area (Å²) in [5.74, 6) is 0. The normalized spacial score (nSPS) is 12.8. The zero-order chi connectivity index (χ0) is 9.52. The molecule has 1 unspecified atom stereocenters. The number of hydrogen-bond acceptors (Lipinski definition) is 1. The summed E-state index contributed by atoms with van der Waals surface area (Å²) in [6.45, 7) is 0.807. The van der Waals surface area contributed by atoms with Crippen LogP contribution >= 0.6 is 0 Å². The summed E-state index contributed by atoms with van der Waals surface area (Å²) in [4.78, 5) is 0. The molecule has 2 heteroatoms. The van der Waals surface area contributed by atoms with Gasteiger partial charge in [-0.3, -0.25) is 0 Å². The molecule has 0 aliphatic carbocycles. The van der Waals surface area contributed by atoms with Crippen LogP contribution in [0.5, 0.6) is 0 Å². The molecule has 1 rings (SSSR count). The van der Waals surface area contributed by atoms with Gasteiger partial charge in [-0.05, 0) is 25.6 Å². The quantitative estimate of drug-likeness (QED) is 0.730. The number of hydrogen-bond donors (Lipinski definition) is 1. The fourth-order valence-electron chi connectivity index (χ4n) is 1.28. The van der Waals surface area contributed by atoms with Gasteiger partial charge in [-0.1, -0.05) is 30.3 Å². The Labute approximate surface area is 79.6 Å². The van der Waals surface area contributed by atoms with Crippen molar-refractivity contribution >= 4 is 0 Å². The second-order valence-electron chi connectivity index (χ2n) is 3.20. The van der Waals surface area contributed by atoms with Crippen LogP contribution in [0.2, 0.25) is 0 Å². The van der Waals surface area contributed by atoms with Gasteiger partial charge in [0.25, 0.3) is 0 Å². The van der Waals surface area contributed by atoms with E-state index in [2.05, 4.69) is 5.32 Å². The van der Waals surface area contributed by atoms with Crippen molar-refractivity contribution in [2.75, 3.05) is 13.6 Å². The molecule has 1 aromatic carbocycles. The average molecular weight is 178 g/mol. The van der Waals surface area contributed by atoms with E-state index in [9.17, 15) is 5.11 Å². The molecule has 0 amide bonds. The predicted molar refractivity (Wildman–Crippen MR) is 53.2 cm³/mol. The highest BCUT2D eigenvalue weighted by atomic mass is 16.3. The third kappa shape index (κ3) is 4.06.